The fraction of sp³-hybridized carbons (Fsp3) is 0.250. The Morgan fingerprint density at radius 2 is 2.35 bits per heavy atom. The summed E-state index contributed by atoms with van der Waals surface area (Å²) in [6.07, 6.45) is 5.67. The van der Waals surface area contributed by atoms with Gasteiger partial charge in [-0.15, -0.1) is 0 Å². The van der Waals surface area contributed by atoms with E-state index < -0.39 is 0 Å². The van der Waals surface area contributed by atoms with E-state index in [0.717, 1.165) is 17.0 Å². The zero-order valence-corrected chi connectivity index (χ0v) is 9.72. The Kier molecular flexibility index (Phi) is 3.30. The number of aliphatic hydroxyl groups excluding tert-OH is 1. The maximum Gasteiger partial charge on any atom is 0.295 e. The van der Waals surface area contributed by atoms with Gasteiger partial charge in [0.15, 0.2) is 18.9 Å². The van der Waals surface area contributed by atoms with Crippen LogP contribution in [0.1, 0.15) is 17.0 Å². The lowest BCUT2D eigenvalue weighted by Crippen LogP contribution is -2.35. The third-order valence-corrected chi connectivity index (χ3v) is 2.53. The molecule has 88 valence electrons. The minimum atomic E-state index is 0.0363. The van der Waals surface area contributed by atoms with Gasteiger partial charge in [-0.3, -0.25) is 0 Å². The van der Waals surface area contributed by atoms with Gasteiger partial charge in [-0.25, -0.2) is 9.55 Å². The molecule has 0 aliphatic rings. The smallest absolute Gasteiger partial charge is 0.295 e. The number of rotatable bonds is 3. The Hall–Kier alpha value is -2.01. The summed E-state index contributed by atoms with van der Waals surface area (Å²) < 4.78 is 1.96. The topological polar surface area (TPSA) is 77.2 Å². The van der Waals surface area contributed by atoms with Crippen molar-refractivity contribution in [2.75, 3.05) is 5.73 Å². The second-order valence-corrected chi connectivity index (χ2v) is 3.94. The van der Waals surface area contributed by atoms with Crippen molar-refractivity contribution in [2.45, 2.75) is 20.1 Å². The molecule has 17 heavy (non-hydrogen) atoms. The molecule has 0 amide bonds. The molecule has 2 heterocycles. The van der Waals surface area contributed by atoms with Crippen LogP contribution >= 0.6 is 0 Å². The molecule has 0 bridgehead atoms. The molecule has 2 aromatic heterocycles. The van der Waals surface area contributed by atoms with Gasteiger partial charge in [-0.2, -0.15) is 0 Å². The molecule has 0 spiro atoms. The van der Waals surface area contributed by atoms with Crippen molar-refractivity contribution in [3.8, 4) is 0 Å². The number of aromatic nitrogens is 3. The summed E-state index contributed by atoms with van der Waals surface area (Å²) in [5.74, 6) is 1.32. The third kappa shape index (κ3) is 2.76. The summed E-state index contributed by atoms with van der Waals surface area (Å²) in [7, 11) is 0. The fourth-order valence-electron chi connectivity index (χ4n) is 1.64. The molecule has 0 aliphatic heterocycles. The van der Waals surface area contributed by atoms with Gasteiger partial charge in [0, 0.05) is 18.6 Å². The van der Waals surface area contributed by atoms with Crippen molar-refractivity contribution < 1.29 is 14.7 Å². The van der Waals surface area contributed by atoms with Crippen LogP contribution in [0.15, 0.2) is 30.7 Å². The van der Waals surface area contributed by atoms with Gasteiger partial charge < -0.3 is 10.8 Å². The van der Waals surface area contributed by atoms with Gasteiger partial charge in [0.25, 0.3) is 11.6 Å². The first-order chi connectivity index (χ1) is 8.19. The Morgan fingerprint density at radius 1 is 1.53 bits per heavy atom. The van der Waals surface area contributed by atoms with E-state index in [1.54, 1.807) is 0 Å². The van der Waals surface area contributed by atoms with Crippen LogP contribution in [0.4, 0.5) is 5.82 Å². The van der Waals surface area contributed by atoms with Gasteiger partial charge in [0.2, 0.25) is 0 Å². The predicted octanol–water partition coefficient (Wildman–Crippen LogP) is -0.386. The van der Waals surface area contributed by atoms with E-state index in [0.29, 0.717) is 12.4 Å². The molecule has 0 aromatic carbocycles. The highest BCUT2D eigenvalue weighted by Gasteiger charge is 2.13. The number of H-pyrrole nitrogens is 1. The first-order valence-electron chi connectivity index (χ1n) is 5.41. The number of anilines is 1. The number of aryl methyl sites for hydroxylation is 1. The number of aliphatic hydroxyl groups is 1. The number of nitrogens with zero attached hydrogens (tertiary/aromatic N) is 2. The van der Waals surface area contributed by atoms with E-state index in [2.05, 4.69) is 9.97 Å². The number of nitrogens with two attached hydrogens (primary N) is 1. The molecule has 0 saturated heterocycles. The average molecular weight is 232 g/mol. The number of pyridine rings is 1. The van der Waals surface area contributed by atoms with Crippen LogP contribution in [0.5, 0.6) is 0 Å². The zero-order valence-electron chi connectivity index (χ0n) is 9.72. The van der Waals surface area contributed by atoms with Crippen LogP contribution in [-0.2, 0) is 13.2 Å². The van der Waals surface area contributed by atoms with Crippen LogP contribution in [0.3, 0.4) is 0 Å². The molecule has 2 rings (SSSR count). The summed E-state index contributed by atoms with van der Waals surface area (Å²) in [6, 6.07) is 3.77. The van der Waals surface area contributed by atoms with Crippen LogP contribution in [0.2, 0.25) is 0 Å². The highest BCUT2D eigenvalue weighted by Crippen LogP contribution is 2.04. The van der Waals surface area contributed by atoms with E-state index >= 15 is 0 Å². The maximum atomic E-state index is 9.06. The standard InChI is InChI=1S/C12H15N4O/c1-9-14-5-11(12(13)15-9)7-16-4-2-3-10(6-16)8-17/h2-6,17H,7-8H2,1H3,(H2,13,14,15)/q+1/p+1. The SMILES string of the molecule is Cc1nc(N)c(C[n+]2cccc(CO)c2)c[nH+]1. The van der Waals surface area contributed by atoms with Crippen molar-refractivity contribution in [2.24, 2.45) is 0 Å². The molecule has 0 saturated carbocycles. The molecule has 2 aromatic rings. The van der Waals surface area contributed by atoms with Crippen LogP contribution in [-0.4, -0.2) is 10.1 Å². The maximum absolute atomic E-state index is 9.06. The number of nitrogens with one attached hydrogen (secondary N) is 1. The summed E-state index contributed by atoms with van der Waals surface area (Å²) in [5, 5.41) is 9.06. The summed E-state index contributed by atoms with van der Waals surface area (Å²) >= 11 is 0. The number of aromatic amines is 1. The second kappa shape index (κ2) is 4.88. The molecule has 0 atom stereocenters. The van der Waals surface area contributed by atoms with Crippen molar-refractivity contribution >= 4 is 5.82 Å². The van der Waals surface area contributed by atoms with E-state index in [-0.39, 0.29) is 6.61 Å². The minimum absolute atomic E-state index is 0.0363. The van der Waals surface area contributed by atoms with Crippen molar-refractivity contribution in [3.05, 3.63) is 47.7 Å². The second-order valence-electron chi connectivity index (χ2n) is 3.94. The van der Waals surface area contributed by atoms with Crippen LogP contribution < -0.4 is 15.3 Å². The molecular formula is C12H16N4O+2. The largest absolute Gasteiger partial charge is 0.391 e. The fourth-order valence-corrected chi connectivity index (χ4v) is 1.64. The number of nitrogen functional groups attached to an aromatic ring is 1. The molecular weight excluding hydrogens is 216 g/mol. The van der Waals surface area contributed by atoms with Crippen LogP contribution in [0.25, 0.3) is 0 Å². The summed E-state index contributed by atoms with van der Waals surface area (Å²) in [4.78, 5) is 7.21. The molecule has 5 heteroatoms. The molecule has 0 radical (unpaired) electrons. The normalized spacial score (nSPS) is 10.5. The molecule has 0 fully saturated rings. The lowest BCUT2D eigenvalue weighted by Gasteiger charge is -1.99. The van der Waals surface area contributed by atoms with Gasteiger partial charge >= 0.3 is 0 Å². The van der Waals surface area contributed by atoms with Crippen molar-refractivity contribution in [1.29, 1.82) is 0 Å². The van der Waals surface area contributed by atoms with E-state index in [1.165, 1.54) is 0 Å². The monoisotopic (exact) mass is 232 g/mol. The molecule has 5 nitrogen and oxygen atoms in total. The average Bonchev–Trinajstić information content (AvgIpc) is 2.33. The minimum Gasteiger partial charge on any atom is -0.391 e. The molecule has 0 aliphatic carbocycles. The van der Waals surface area contributed by atoms with Crippen molar-refractivity contribution in [3.63, 3.8) is 0 Å². The zero-order chi connectivity index (χ0) is 12.3. The van der Waals surface area contributed by atoms with Crippen LogP contribution in [0, 0.1) is 6.92 Å². The highest BCUT2D eigenvalue weighted by molar-refractivity contribution is 5.35. The lowest BCUT2D eigenvalue weighted by molar-refractivity contribution is -0.689. The quantitative estimate of drug-likeness (QED) is 0.708. The van der Waals surface area contributed by atoms with E-state index in [9.17, 15) is 0 Å². The highest BCUT2D eigenvalue weighted by atomic mass is 16.3. The van der Waals surface area contributed by atoms with E-state index in [4.69, 9.17) is 10.8 Å². The predicted molar refractivity (Wildman–Crippen MR) is 61.6 cm³/mol. The third-order valence-electron chi connectivity index (χ3n) is 2.53. The van der Waals surface area contributed by atoms with Gasteiger partial charge in [-0.05, 0) is 11.1 Å². The molecule has 0 unspecified atom stereocenters. The van der Waals surface area contributed by atoms with Gasteiger partial charge in [-0.1, -0.05) is 0 Å². The lowest BCUT2D eigenvalue weighted by atomic mass is 10.2. The molecule has 4 N–H and O–H groups in total. The Bertz CT molecular complexity index is 528. The summed E-state index contributed by atoms with van der Waals surface area (Å²) in [6.45, 7) is 2.53. The first kappa shape index (κ1) is 11.5. The number of hydrogen-bond acceptors (Lipinski definition) is 3. The Balaban J connectivity index is 2.25. The Morgan fingerprint density at radius 3 is 3.06 bits per heavy atom. The Labute approximate surface area is 99.6 Å². The van der Waals surface area contributed by atoms with Gasteiger partial charge in [0.05, 0.1) is 6.61 Å². The number of hydrogen-bond donors (Lipinski definition) is 2. The van der Waals surface area contributed by atoms with Gasteiger partial charge in [0.1, 0.15) is 11.8 Å². The first-order valence-corrected chi connectivity index (χ1v) is 5.41. The van der Waals surface area contributed by atoms with E-state index in [1.807, 2.05) is 42.2 Å². The van der Waals surface area contributed by atoms with Crippen molar-refractivity contribution in [1.82, 2.24) is 4.98 Å². The summed E-state index contributed by atoms with van der Waals surface area (Å²) in [5.41, 5.74) is 7.64.